The van der Waals surface area contributed by atoms with Gasteiger partial charge >= 0.3 is 5.97 Å². The molecule has 0 aliphatic heterocycles. The van der Waals surface area contributed by atoms with E-state index in [0.717, 1.165) is 16.8 Å². The number of anilines is 3. The van der Waals surface area contributed by atoms with Crippen molar-refractivity contribution in [1.29, 1.82) is 0 Å². The minimum absolute atomic E-state index is 0.0106. The number of carboxylic acids is 1. The first-order valence-electron chi connectivity index (χ1n) is 11.0. The van der Waals surface area contributed by atoms with E-state index in [0.29, 0.717) is 34.2 Å². The third-order valence-corrected chi connectivity index (χ3v) is 5.51. The number of ether oxygens (including phenoxy) is 1. The van der Waals surface area contributed by atoms with Gasteiger partial charge in [-0.3, -0.25) is 14.6 Å². The van der Waals surface area contributed by atoms with Gasteiger partial charge in [-0.1, -0.05) is 19.1 Å². The highest BCUT2D eigenvalue weighted by Crippen LogP contribution is 2.33. The lowest BCUT2D eigenvalue weighted by atomic mass is 10.00. The second kappa shape index (κ2) is 10.2. The fraction of sp³-hybridized carbons (Fsp3) is 0.240. The minimum atomic E-state index is -0.872. The highest BCUT2D eigenvalue weighted by Gasteiger charge is 2.18. The summed E-state index contributed by atoms with van der Waals surface area (Å²) in [6, 6.07) is 9.08. The highest BCUT2D eigenvalue weighted by molar-refractivity contribution is 5.93. The molecule has 0 fully saturated rings. The quantitative estimate of drug-likeness (QED) is 0.320. The summed E-state index contributed by atoms with van der Waals surface area (Å²) in [6.45, 7) is 3.74. The van der Waals surface area contributed by atoms with Crippen LogP contribution in [0.15, 0.2) is 53.3 Å². The molecular formula is C25H25N5O5. The van der Waals surface area contributed by atoms with E-state index < -0.39 is 5.97 Å². The maximum Gasteiger partial charge on any atom is 0.303 e. The summed E-state index contributed by atoms with van der Waals surface area (Å²) in [5.74, 6) is -0.533. The maximum atomic E-state index is 12.7. The van der Waals surface area contributed by atoms with Gasteiger partial charge in [0.2, 0.25) is 5.91 Å². The Morgan fingerprint density at radius 2 is 2.00 bits per heavy atom. The number of aliphatic carboxylic acids is 1. The van der Waals surface area contributed by atoms with Gasteiger partial charge in [-0.05, 0) is 42.2 Å². The number of aryl methyl sites for hydroxylation is 1. The molecule has 180 valence electrons. The van der Waals surface area contributed by atoms with E-state index in [-0.39, 0.29) is 24.7 Å². The number of methoxy groups -OCH3 is 1. The zero-order valence-electron chi connectivity index (χ0n) is 19.5. The molecule has 0 aliphatic carbocycles. The molecule has 1 amide bonds. The number of aromatic nitrogens is 3. The molecule has 0 spiro atoms. The molecule has 1 unspecified atom stereocenters. The number of fused-ring (bicyclic) bond motifs is 1. The third kappa shape index (κ3) is 5.55. The van der Waals surface area contributed by atoms with Crippen LogP contribution in [0.25, 0.3) is 11.1 Å². The van der Waals surface area contributed by atoms with Crippen LogP contribution in [0.2, 0.25) is 0 Å². The molecule has 0 saturated carbocycles. The zero-order chi connectivity index (χ0) is 24.9. The summed E-state index contributed by atoms with van der Waals surface area (Å²) in [5, 5.41) is 14.8. The topological polar surface area (TPSA) is 139 Å². The average Bonchev–Trinajstić information content (AvgIpc) is 3.23. The fourth-order valence-corrected chi connectivity index (χ4v) is 3.66. The first-order chi connectivity index (χ1) is 16.8. The van der Waals surface area contributed by atoms with Crippen molar-refractivity contribution in [2.75, 3.05) is 17.7 Å². The Balaban J connectivity index is 1.48. The molecule has 0 radical (unpaired) electrons. The van der Waals surface area contributed by atoms with Crippen molar-refractivity contribution in [3.05, 3.63) is 65.6 Å². The van der Waals surface area contributed by atoms with Crippen LogP contribution in [0, 0.1) is 6.92 Å². The van der Waals surface area contributed by atoms with Crippen molar-refractivity contribution in [3.8, 4) is 5.75 Å². The van der Waals surface area contributed by atoms with Gasteiger partial charge in [0.1, 0.15) is 11.3 Å². The second-order valence-electron chi connectivity index (χ2n) is 8.14. The predicted octanol–water partition coefficient (Wildman–Crippen LogP) is 4.44. The van der Waals surface area contributed by atoms with E-state index in [1.165, 1.54) is 7.11 Å². The van der Waals surface area contributed by atoms with E-state index in [1.54, 1.807) is 42.9 Å². The van der Waals surface area contributed by atoms with E-state index in [9.17, 15) is 9.59 Å². The number of carboxylic acid groups (broad SMARTS) is 1. The Kier molecular flexibility index (Phi) is 6.91. The van der Waals surface area contributed by atoms with Crippen molar-refractivity contribution in [2.24, 2.45) is 0 Å². The second-order valence-corrected chi connectivity index (χ2v) is 8.14. The fourth-order valence-electron chi connectivity index (χ4n) is 3.66. The number of nitrogens with zero attached hydrogens (tertiary/aromatic N) is 3. The van der Waals surface area contributed by atoms with Crippen LogP contribution in [0.4, 0.5) is 17.5 Å². The van der Waals surface area contributed by atoms with Crippen LogP contribution in [0.3, 0.4) is 0 Å². The first kappa shape index (κ1) is 23.7. The van der Waals surface area contributed by atoms with Gasteiger partial charge in [-0.15, -0.1) is 0 Å². The van der Waals surface area contributed by atoms with Crippen LogP contribution >= 0.6 is 0 Å². The van der Waals surface area contributed by atoms with Gasteiger partial charge in [-0.2, -0.15) is 4.98 Å². The average molecular weight is 476 g/mol. The molecule has 0 bridgehead atoms. The minimum Gasteiger partial charge on any atom is -0.492 e. The van der Waals surface area contributed by atoms with E-state index in [4.69, 9.17) is 14.3 Å². The van der Waals surface area contributed by atoms with Crippen molar-refractivity contribution in [3.63, 3.8) is 0 Å². The van der Waals surface area contributed by atoms with Gasteiger partial charge < -0.3 is 24.9 Å². The summed E-state index contributed by atoms with van der Waals surface area (Å²) in [6.07, 6.45) is 5.03. The summed E-state index contributed by atoms with van der Waals surface area (Å²) >= 11 is 0. The number of hydrogen-bond acceptors (Lipinski definition) is 8. The molecule has 1 atom stereocenters. The van der Waals surface area contributed by atoms with Gasteiger partial charge in [0.25, 0.3) is 6.01 Å². The molecule has 0 aliphatic rings. The number of nitrogens with one attached hydrogen (secondary N) is 2. The summed E-state index contributed by atoms with van der Waals surface area (Å²) in [4.78, 5) is 36.3. The van der Waals surface area contributed by atoms with Crippen molar-refractivity contribution >= 4 is 40.5 Å². The number of amides is 1. The molecule has 3 aromatic heterocycles. The zero-order valence-corrected chi connectivity index (χ0v) is 19.5. The number of benzene rings is 1. The Bertz CT molecular complexity index is 1370. The van der Waals surface area contributed by atoms with Crippen molar-refractivity contribution in [1.82, 2.24) is 15.0 Å². The van der Waals surface area contributed by atoms with Gasteiger partial charge in [0, 0.05) is 29.8 Å². The number of carbonyl (C=O) groups excluding carboxylic acids is 1. The standard InChI is InChI=1S/C25H25N5O5/c1-14(10-22(32)33)17-5-7-20(27-13-17)30-21(31)11-16-4-6-19-24(23(16)34-3)35-25(29-19)28-18-8-9-26-12-15(18)2/h4-9,12-14H,10-11H2,1-3H3,(H,32,33)(H,26,28,29)(H,27,30,31). The number of carbonyl (C=O) groups is 2. The molecular weight excluding hydrogens is 450 g/mol. The van der Waals surface area contributed by atoms with Crippen LogP contribution in [0.1, 0.15) is 36.0 Å². The molecule has 0 saturated heterocycles. The number of rotatable bonds is 9. The lowest BCUT2D eigenvalue weighted by Crippen LogP contribution is -2.16. The van der Waals surface area contributed by atoms with Gasteiger partial charge in [0.05, 0.1) is 20.0 Å². The summed E-state index contributed by atoms with van der Waals surface area (Å²) < 4.78 is 11.5. The molecule has 10 heteroatoms. The highest BCUT2D eigenvalue weighted by atomic mass is 16.5. The van der Waals surface area contributed by atoms with E-state index in [1.807, 2.05) is 19.9 Å². The van der Waals surface area contributed by atoms with Crippen LogP contribution in [-0.2, 0) is 16.0 Å². The Hall–Kier alpha value is -4.47. The van der Waals surface area contributed by atoms with Crippen LogP contribution < -0.4 is 15.4 Å². The SMILES string of the molecule is COc1c(CC(=O)Nc2ccc(C(C)CC(=O)O)cn2)ccc2nc(Nc3ccncc3C)oc12. The van der Waals surface area contributed by atoms with Crippen molar-refractivity contribution in [2.45, 2.75) is 32.6 Å². The van der Waals surface area contributed by atoms with Gasteiger partial charge in [0.15, 0.2) is 11.3 Å². The van der Waals surface area contributed by atoms with E-state index >= 15 is 0 Å². The summed E-state index contributed by atoms with van der Waals surface area (Å²) in [5.41, 5.74) is 4.20. The number of pyridine rings is 2. The lowest BCUT2D eigenvalue weighted by Gasteiger charge is -2.11. The Morgan fingerprint density at radius 1 is 1.17 bits per heavy atom. The number of hydrogen-bond donors (Lipinski definition) is 3. The largest absolute Gasteiger partial charge is 0.492 e. The van der Waals surface area contributed by atoms with Gasteiger partial charge in [-0.25, -0.2) is 4.98 Å². The van der Waals surface area contributed by atoms with Crippen LogP contribution in [-0.4, -0.2) is 39.0 Å². The maximum absolute atomic E-state index is 12.7. The van der Waals surface area contributed by atoms with Crippen LogP contribution in [0.5, 0.6) is 5.75 Å². The molecule has 10 nitrogen and oxygen atoms in total. The third-order valence-electron chi connectivity index (χ3n) is 5.51. The first-order valence-corrected chi connectivity index (χ1v) is 11.0. The normalized spacial score (nSPS) is 11.7. The Labute approximate surface area is 201 Å². The molecule has 35 heavy (non-hydrogen) atoms. The Morgan fingerprint density at radius 3 is 2.69 bits per heavy atom. The molecule has 3 heterocycles. The molecule has 4 aromatic rings. The lowest BCUT2D eigenvalue weighted by molar-refractivity contribution is -0.137. The predicted molar refractivity (Wildman–Crippen MR) is 130 cm³/mol. The summed E-state index contributed by atoms with van der Waals surface area (Å²) in [7, 11) is 1.51. The molecule has 1 aromatic carbocycles. The van der Waals surface area contributed by atoms with E-state index in [2.05, 4.69) is 25.6 Å². The molecule has 4 rings (SSSR count). The van der Waals surface area contributed by atoms with Crippen molar-refractivity contribution < 1.29 is 23.8 Å². The molecule has 3 N–H and O–H groups in total. The number of oxazole rings is 1. The smallest absolute Gasteiger partial charge is 0.303 e. The monoisotopic (exact) mass is 475 g/mol.